The average Bonchev–Trinajstić information content (AvgIpc) is 2.72. The Hall–Kier alpha value is -3.22. The zero-order valence-electron chi connectivity index (χ0n) is 16.7. The van der Waals surface area contributed by atoms with Gasteiger partial charge in [0.25, 0.3) is 5.91 Å². The van der Waals surface area contributed by atoms with Crippen molar-refractivity contribution in [1.29, 1.82) is 0 Å². The van der Waals surface area contributed by atoms with Crippen LogP contribution in [0, 0.1) is 0 Å². The second-order valence-corrected chi connectivity index (χ2v) is 6.57. The van der Waals surface area contributed by atoms with E-state index in [2.05, 4.69) is 15.5 Å². The lowest BCUT2D eigenvalue weighted by atomic mass is 9.97. The number of carbonyl (C=O) groups is 2. The summed E-state index contributed by atoms with van der Waals surface area (Å²) < 4.78 is 11.2. The highest BCUT2D eigenvalue weighted by Gasteiger charge is 2.25. The van der Waals surface area contributed by atoms with Crippen molar-refractivity contribution in [3.8, 4) is 11.5 Å². The average molecular weight is 395 g/mol. The summed E-state index contributed by atoms with van der Waals surface area (Å²) in [7, 11) is 0. The molecule has 0 aliphatic carbocycles. The topological polar surface area (TPSA) is 89.4 Å². The molecule has 1 heterocycles. The van der Waals surface area contributed by atoms with Gasteiger partial charge < -0.3 is 14.8 Å². The van der Waals surface area contributed by atoms with Crippen molar-refractivity contribution in [3.63, 3.8) is 0 Å². The molecule has 0 saturated carbocycles. The van der Waals surface area contributed by atoms with Gasteiger partial charge in [0, 0.05) is 12.1 Å². The van der Waals surface area contributed by atoms with Gasteiger partial charge in [0.05, 0.1) is 19.6 Å². The Kier molecular flexibility index (Phi) is 6.94. The molecule has 7 nitrogen and oxygen atoms in total. The number of nitrogens with one attached hydrogen (secondary N) is 1. The Labute approximate surface area is 170 Å². The summed E-state index contributed by atoms with van der Waals surface area (Å²) in [5, 5.41) is 10.6. The fourth-order valence-corrected chi connectivity index (χ4v) is 3.22. The summed E-state index contributed by atoms with van der Waals surface area (Å²) in [4.78, 5) is 24.2. The van der Waals surface area contributed by atoms with E-state index in [0.29, 0.717) is 37.5 Å². The Morgan fingerprint density at radius 1 is 1.07 bits per heavy atom. The molecule has 152 valence electrons. The number of carbonyl (C=O) groups excluding carboxylic acids is 2. The lowest BCUT2D eigenvalue weighted by molar-refractivity contribution is -0.121. The standard InChI is InChI=1S/C22H25N3O4/c1-3-28-19-10-9-15(13-20(19)29-4-2)11-12-23-21(26)14-18-16-7-5-6-8-17(16)22(27)25-24-18/h5-10,13,18H,3-4,11-12,14H2,1-2H3,(H,23,26). The summed E-state index contributed by atoms with van der Waals surface area (Å²) >= 11 is 0. The highest BCUT2D eigenvalue weighted by Crippen LogP contribution is 2.30. The molecule has 1 N–H and O–H groups in total. The van der Waals surface area contributed by atoms with E-state index < -0.39 is 6.04 Å². The molecule has 1 aliphatic heterocycles. The minimum atomic E-state index is -0.432. The zero-order chi connectivity index (χ0) is 20.6. The van der Waals surface area contributed by atoms with E-state index in [1.54, 1.807) is 12.1 Å². The molecule has 29 heavy (non-hydrogen) atoms. The molecule has 2 amide bonds. The van der Waals surface area contributed by atoms with Crippen LogP contribution in [0.15, 0.2) is 52.7 Å². The number of ether oxygens (including phenoxy) is 2. The van der Waals surface area contributed by atoms with Crippen LogP contribution in [0.4, 0.5) is 0 Å². The van der Waals surface area contributed by atoms with Crippen molar-refractivity contribution in [1.82, 2.24) is 5.32 Å². The van der Waals surface area contributed by atoms with Crippen molar-refractivity contribution < 1.29 is 19.1 Å². The van der Waals surface area contributed by atoms with Gasteiger partial charge in [-0.05, 0) is 49.6 Å². The Bertz CT molecular complexity index is 911. The van der Waals surface area contributed by atoms with Crippen LogP contribution < -0.4 is 14.8 Å². The van der Waals surface area contributed by atoms with Crippen LogP contribution in [0.25, 0.3) is 0 Å². The first kappa shape index (κ1) is 20.5. The predicted octanol–water partition coefficient (Wildman–Crippen LogP) is 3.88. The third kappa shape index (κ3) is 5.19. The van der Waals surface area contributed by atoms with E-state index in [0.717, 1.165) is 16.9 Å². The maximum absolute atomic E-state index is 12.4. The molecule has 2 aromatic carbocycles. The van der Waals surface area contributed by atoms with Crippen molar-refractivity contribution in [2.24, 2.45) is 10.2 Å². The molecule has 0 radical (unpaired) electrons. The molecule has 1 unspecified atom stereocenters. The second-order valence-electron chi connectivity index (χ2n) is 6.57. The van der Waals surface area contributed by atoms with E-state index in [-0.39, 0.29) is 18.2 Å². The maximum atomic E-state index is 12.4. The van der Waals surface area contributed by atoms with Crippen molar-refractivity contribution in [3.05, 3.63) is 59.2 Å². The van der Waals surface area contributed by atoms with Crippen LogP contribution in [-0.4, -0.2) is 31.6 Å². The van der Waals surface area contributed by atoms with Crippen LogP contribution in [0.2, 0.25) is 0 Å². The first-order valence-electron chi connectivity index (χ1n) is 9.81. The van der Waals surface area contributed by atoms with Crippen LogP contribution in [0.3, 0.4) is 0 Å². The number of amides is 2. The Morgan fingerprint density at radius 2 is 1.83 bits per heavy atom. The molecule has 1 atom stereocenters. The molecule has 0 spiro atoms. The molecule has 1 aliphatic rings. The lowest BCUT2D eigenvalue weighted by Gasteiger charge is -2.17. The normalized spacial score (nSPS) is 15.0. The van der Waals surface area contributed by atoms with Crippen molar-refractivity contribution in [2.45, 2.75) is 32.7 Å². The molecular weight excluding hydrogens is 370 g/mol. The first-order chi connectivity index (χ1) is 14.1. The summed E-state index contributed by atoms with van der Waals surface area (Å²) in [5.41, 5.74) is 2.30. The molecular formula is C22H25N3O4. The quantitative estimate of drug-likeness (QED) is 0.698. The van der Waals surface area contributed by atoms with E-state index in [9.17, 15) is 9.59 Å². The Morgan fingerprint density at radius 3 is 2.62 bits per heavy atom. The molecule has 7 heteroatoms. The van der Waals surface area contributed by atoms with Gasteiger partial charge in [-0.3, -0.25) is 9.59 Å². The van der Waals surface area contributed by atoms with Crippen LogP contribution >= 0.6 is 0 Å². The number of nitrogens with zero attached hydrogens (tertiary/aromatic N) is 2. The Balaban J connectivity index is 1.55. The van der Waals surface area contributed by atoms with E-state index >= 15 is 0 Å². The van der Waals surface area contributed by atoms with Gasteiger partial charge in [0.1, 0.15) is 6.04 Å². The van der Waals surface area contributed by atoms with Crippen LogP contribution in [0.5, 0.6) is 11.5 Å². The molecule has 2 aromatic rings. The van der Waals surface area contributed by atoms with Crippen LogP contribution in [-0.2, 0) is 11.2 Å². The zero-order valence-corrected chi connectivity index (χ0v) is 16.7. The predicted molar refractivity (Wildman–Crippen MR) is 108 cm³/mol. The smallest absolute Gasteiger partial charge is 0.295 e. The molecule has 0 fully saturated rings. The summed E-state index contributed by atoms with van der Waals surface area (Å²) in [6.07, 6.45) is 0.820. The number of hydrogen-bond acceptors (Lipinski definition) is 5. The SMILES string of the molecule is CCOc1ccc(CCNC(=O)CC2N=NC(=O)c3ccccc32)cc1OCC. The maximum Gasteiger partial charge on any atom is 0.295 e. The lowest BCUT2D eigenvalue weighted by Crippen LogP contribution is -2.27. The molecule has 0 bridgehead atoms. The molecule has 0 aromatic heterocycles. The highest BCUT2D eigenvalue weighted by atomic mass is 16.5. The van der Waals surface area contributed by atoms with Gasteiger partial charge in [-0.1, -0.05) is 24.3 Å². The number of fused-ring (bicyclic) bond motifs is 1. The number of rotatable bonds is 9. The monoisotopic (exact) mass is 395 g/mol. The fourth-order valence-electron chi connectivity index (χ4n) is 3.22. The second kappa shape index (κ2) is 9.82. The third-order valence-electron chi connectivity index (χ3n) is 4.56. The summed E-state index contributed by atoms with van der Waals surface area (Å²) in [5.74, 6) is 0.937. The van der Waals surface area contributed by atoms with Crippen molar-refractivity contribution >= 4 is 11.8 Å². The van der Waals surface area contributed by atoms with Gasteiger partial charge >= 0.3 is 0 Å². The van der Waals surface area contributed by atoms with E-state index in [4.69, 9.17) is 9.47 Å². The minimum Gasteiger partial charge on any atom is -0.490 e. The minimum absolute atomic E-state index is 0.130. The van der Waals surface area contributed by atoms with Gasteiger partial charge in [-0.2, -0.15) is 5.11 Å². The van der Waals surface area contributed by atoms with Gasteiger partial charge in [0.2, 0.25) is 5.91 Å². The van der Waals surface area contributed by atoms with Gasteiger partial charge in [-0.25, -0.2) is 0 Å². The van der Waals surface area contributed by atoms with E-state index in [1.165, 1.54) is 0 Å². The molecule has 0 saturated heterocycles. The van der Waals surface area contributed by atoms with Gasteiger partial charge in [0.15, 0.2) is 11.5 Å². The van der Waals surface area contributed by atoms with Gasteiger partial charge in [-0.15, -0.1) is 5.11 Å². The summed E-state index contributed by atoms with van der Waals surface area (Å²) in [6, 6.07) is 12.5. The number of benzene rings is 2. The number of azo groups is 1. The highest BCUT2D eigenvalue weighted by molar-refractivity contribution is 5.97. The van der Waals surface area contributed by atoms with Crippen LogP contribution in [0.1, 0.15) is 47.8 Å². The molecule has 3 rings (SSSR count). The summed E-state index contributed by atoms with van der Waals surface area (Å²) in [6.45, 7) is 5.47. The first-order valence-corrected chi connectivity index (χ1v) is 9.81. The fraction of sp³-hybridized carbons (Fsp3) is 0.364. The third-order valence-corrected chi connectivity index (χ3v) is 4.56. The largest absolute Gasteiger partial charge is 0.490 e. The van der Waals surface area contributed by atoms with E-state index in [1.807, 2.05) is 44.2 Å². The number of hydrogen-bond donors (Lipinski definition) is 1. The van der Waals surface area contributed by atoms with Crippen molar-refractivity contribution in [2.75, 3.05) is 19.8 Å².